The van der Waals surface area contributed by atoms with Gasteiger partial charge in [-0.2, -0.15) is 0 Å². The average Bonchev–Trinajstić information content (AvgIpc) is 0.808. The second-order valence-electron chi connectivity index (χ2n) is 29.8. The maximum Gasteiger partial charge on any atom is 0.410 e. The van der Waals surface area contributed by atoms with Crippen LogP contribution in [0.2, 0.25) is 0 Å². The molecule has 0 fully saturated rings. The summed E-state index contributed by atoms with van der Waals surface area (Å²) in [5.74, 6) is -9.49. The molecule has 0 aliphatic heterocycles. The molecule has 26 heteroatoms. The van der Waals surface area contributed by atoms with E-state index >= 15 is 9.59 Å². The number of carbonyl (C=O) groups excluding carboxylic acids is 12. The van der Waals surface area contributed by atoms with Crippen LogP contribution < -0.4 is 21.3 Å². The number of rotatable bonds is 38. The number of nitrogens with zero attached hydrogens (tertiary/aromatic N) is 7. The molecule has 552 valence electrons. The first kappa shape index (κ1) is 89.1. The highest BCUT2D eigenvalue weighted by molar-refractivity contribution is 5.99. The number of esters is 1. The van der Waals surface area contributed by atoms with Gasteiger partial charge in [0, 0.05) is 54.7 Å². The van der Waals surface area contributed by atoms with Gasteiger partial charge >= 0.3 is 12.1 Å². The molecule has 0 spiro atoms. The summed E-state index contributed by atoms with van der Waals surface area (Å²) in [6.45, 7) is 40.2. The lowest BCUT2D eigenvalue weighted by molar-refractivity contribution is -0.157. The quantitative estimate of drug-likeness (QED) is 0.0370. The number of aliphatic hydroxyl groups is 1. The van der Waals surface area contributed by atoms with Crippen LogP contribution in [0, 0.1) is 40.9 Å². The fraction of sp³-hybridized carbons (Fsp3) is 0.800. The summed E-state index contributed by atoms with van der Waals surface area (Å²) in [4.78, 5) is 179. The van der Waals surface area contributed by atoms with Crippen LogP contribution in [0.4, 0.5) is 4.79 Å². The zero-order valence-electron chi connectivity index (χ0n) is 63.9. The number of aliphatic hydroxyl groups excluding tert-OH is 1. The Bertz CT molecular complexity index is 2640. The van der Waals surface area contributed by atoms with Gasteiger partial charge in [0.1, 0.15) is 72.1 Å². The minimum atomic E-state index is -1.48. The Morgan fingerprint density at radius 3 is 1.36 bits per heavy atom. The second kappa shape index (κ2) is 39.5. The topological polar surface area (TPSA) is 314 Å². The van der Waals surface area contributed by atoms with Gasteiger partial charge in [0.15, 0.2) is 0 Å². The highest BCUT2D eigenvalue weighted by Gasteiger charge is 2.47. The van der Waals surface area contributed by atoms with Gasteiger partial charge in [0.2, 0.25) is 59.1 Å². The first-order valence-electron chi connectivity index (χ1n) is 34.1. The van der Waals surface area contributed by atoms with Crippen molar-refractivity contribution in [2.45, 2.75) is 269 Å². The molecule has 5 N–H and O–H groups in total. The Morgan fingerprint density at radius 2 is 0.938 bits per heavy atom. The molecule has 0 aliphatic rings. The van der Waals surface area contributed by atoms with Crippen molar-refractivity contribution in [1.82, 2.24) is 55.6 Å². The number of amides is 11. The first-order valence-corrected chi connectivity index (χ1v) is 34.1. The molecule has 0 saturated heterocycles. The van der Waals surface area contributed by atoms with Crippen molar-refractivity contribution in [1.29, 1.82) is 0 Å². The maximum absolute atomic E-state index is 15.1. The Balaban J connectivity index is 7.00. The zero-order valence-corrected chi connectivity index (χ0v) is 63.9. The molecule has 0 heterocycles. The average molecular weight is 1360 g/mol. The molecular formula is C70H127N11O15. The molecule has 13 atom stereocenters. The van der Waals surface area contributed by atoms with Crippen LogP contribution in [-0.2, 0) is 62.2 Å². The van der Waals surface area contributed by atoms with Crippen molar-refractivity contribution in [2.24, 2.45) is 40.9 Å². The van der Waals surface area contributed by atoms with Crippen LogP contribution in [-0.4, -0.2) is 245 Å². The van der Waals surface area contributed by atoms with E-state index in [9.17, 15) is 53.1 Å². The van der Waals surface area contributed by atoms with Gasteiger partial charge in [0.05, 0.1) is 13.2 Å². The largest absolute Gasteiger partial charge is 0.467 e. The summed E-state index contributed by atoms with van der Waals surface area (Å²) >= 11 is 0. The normalized spacial score (nSPS) is 15.9. The first-order chi connectivity index (χ1) is 44.0. The third-order valence-corrected chi connectivity index (χ3v) is 17.8. The van der Waals surface area contributed by atoms with Gasteiger partial charge in [-0.05, 0) is 109 Å². The fourth-order valence-corrected chi connectivity index (χ4v) is 11.5. The number of nitrogens with one attached hydrogen (secondary N) is 4. The highest BCUT2D eigenvalue weighted by Crippen LogP contribution is 2.30. The van der Waals surface area contributed by atoms with Crippen molar-refractivity contribution >= 4 is 71.1 Å². The summed E-state index contributed by atoms with van der Waals surface area (Å²) in [7, 11) is 11.1. The maximum atomic E-state index is 15.1. The lowest BCUT2D eigenvalue weighted by Crippen LogP contribution is -2.63. The van der Waals surface area contributed by atoms with Gasteiger partial charge < -0.3 is 65.2 Å². The number of carbonyl (C=O) groups is 12. The van der Waals surface area contributed by atoms with E-state index in [4.69, 9.17) is 9.47 Å². The standard InChI is InChI=1S/C70H127N11O15/c1-31-34-35-44(14)55(82)54(59(85)73-48(32-2)67(93)95-30)80(28)66(92)53(43(12)13)79(27)64(90)51(38-41(8)9)78(26)63(89)50(37-40(6)7)77(25)61(87)46(16)72-57(83)45(15)71-58(84)49(36-39(4)5)76(24)65(91)52(42(10)11)74-60(86)56(70(21,22)33-3)81(29)62(88)47(17)75(23)68(94)96-69(18,19)20/h33,39-56,82H,3,31-32,34-38H2,1-2,4-30H3,(H,71,84)(H,72,83)(H,73,85)(H,74,86)/t44-,45+,46-,47-,48+,49+,50+,51+,52+,53+,54+,55-,56-/m1/s1. The molecule has 0 rings (SSSR count). The van der Waals surface area contributed by atoms with Crippen LogP contribution in [0.15, 0.2) is 12.7 Å². The van der Waals surface area contributed by atoms with Gasteiger partial charge in [0.25, 0.3) is 0 Å². The lowest BCUT2D eigenvalue weighted by Gasteiger charge is -2.41. The molecular weight excluding hydrogens is 1230 g/mol. The van der Waals surface area contributed by atoms with Crippen molar-refractivity contribution in [3.63, 3.8) is 0 Å². The summed E-state index contributed by atoms with van der Waals surface area (Å²) in [6, 6.07) is -13.3. The molecule has 26 nitrogen and oxygen atoms in total. The Morgan fingerprint density at radius 1 is 0.490 bits per heavy atom. The van der Waals surface area contributed by atoms with Gasteiger partial charge in [-0.1, -0.05) is 123 Å². The van der Waals surface area contributed by atoms with E-state index in [1.54, 1.807) is 76.2 Å². The SMILES string of the molecule is C=CC(C)(C)[C@@H](C(=O)N[C@H](C(=O)N(C)[C@@H](CC(C)C)C(=O)N[C@@H](C)C(=O)N[C@H](C)C(=O)N(C)[C@@H](CC(C)C)C(=O)N(C)[C@@H](CC(C)C)C(=O)N(C)[C@H](C(=O)N(C)[C@H](C(=O)N[C@@H](CC)C(=O)OC)[C@H](O)[C@H](C)CCCC)C(C)C)C(C)C)N(C)C(=O)[C@@H](C)N(C)C(=O)OC(C)(C)C. The van der Waals surface area contributed by atoms with E-state index in [0.717, 1.165) is 22.6 Å². The van der Waals surface area contributed by atoms with Crippen molar-refractivity contribution < 1.29 is 72.1 Å². The number of hydrogen-bond donors (Lipinski definition) is 5. The number of unbranched alkanes of at least 4 members (excludes halogenated alkanes) is 1. The lowest BCUT2D eigenvalue weighted by atomic mass is 9.82. The van der Waals surface area contributed by atoms with Gasteiger partial charge in [-0.25, -0.2) is 9.59 Å². The number of hydrogen-bond acceptors (Lipinski definition) is 15. The second-order valence-corrected chi connectivity index (χ2v) is 29.8. The minimum Gasteiger partial charge on any atom is -0.467 e. The summed E-state index contributed by atoms with van der Waals surface area (Å²) in [6.07, 6.45) is 2.05. The van der Waals surface area contributed by atoms with Gasteiger partial charge in [-0.3, -0.25) is 52.8 Å². The number of methoxy groups -OCH3 is 1. The molecule has 96 heavy (non-hydrogen) atoms. The molecule has 0 aliphatic carbocycles. The van der Waals surface area contributed by atoms with Crippen molar-refractivity contribution in [2.75, 3.05) is 56.4 Å². The monoisotopic (exact) mass is 1360 g/mol. The number of likely N-dealkylation sites (N-methyl/N-ethyl adjacent to an activating group) is 7. The Labute approximate surface area is 575 Å². The van der Waals surface area contributed by atoms with E-state index in [1.807, 2.05) is 48.5 Å². The molecule has 0 saturated carbocycles. The zero-order chi connectivity index (χ0) is 75.3. The molecule has 0 aromatic carbocycles. The number of ether oxygens (including phenoxy) is 2. The molecule has 11 amide bonds. The predicted octanol–water partition coefficient (Wildman–Crippen LogP) is 5.62. The van der Waals surface area contributed by atoms with Crippen LogP contribution in [0.5, 0.6) is 0 Å². The van der Waals surface area contributed by atoms with Crippen LogP contribution in [0.3, 0.4) is 0 Å². The Kier molecular flexibility index (Phi) is 36.7. The molecule has 0 unspecified atom stereocenters. The summed E-state index contributed by atoms with van der Waals surface area (Å²) < 4.78 is 10.4. The smallest absolute Gasteiger partial charge is 0.410 e. The van der Waals surface area contributed by atoms with Crippen LogP contribution >= 0.6 is 0 Å². The third kappa shape index (κ3) is 25.5. The summed E-state index contributed by atoms with van der Waals surface area (Å²) in [5, 5.41) is 22.7. The minimum absolute atomic E-state index is 0.130. The van der Waals surface area contributed by atoms with E-state index in [1.165, 1.54) is 108 Å². The van der Waals surface area contributed by atoms with Crippen LogP contribution in [0.1, 0.15) is 190 Å². The van der Waals surface area contributed by atoms with Gasteiger partial charge in [-0.15, -0.1) is 6.58 Å². The molecule has 0 aromatic rings. The molecule has 0 aromatic heterocycles. The van der Waals surface area contributed by atoms with Crippen molar-refractivity contribution in [3.05, 3.63) is 12.7 Å². The Hall–Kier alpha value is -6.86. The van der Waals surface area contributed by atoms with E-state index < -0.39 is 172 Å². The van der Waals surface area contributed by atoms with Crippen molar-refractivity contribution in [3.8, 4) is 0 Å². The van der Waals surface area contributed by atoms with E-state index in [0.29, 0.717) is 6.42 Å². The molecule has 0 bridgehead atoms. The van der Waals surface area contributed by atoms with E-state index in [-0.39, 0.29) is 43.4 Å². The molecule has 0 radical (unpaired) electrons. The summed E-state index contributed by atoms with van der Waals surface area (Å²) in [5.41, 5.74) is -1.91. The highest BCUT2D eigenvalue weighted by atomic mass is 16.6. The third-order valence-electron chi connectivity index (χ3n) is 17.8. The van der Waals surface area contributed by atoms with E-state index in [2.05, 4.69) is 27.8 Å². The van der Waals surface area contributed by atoms with Crippen LogP contribution in [0.25, 0.3) is 0 Å². The fourth-order valence-electron chi connectivity index (χ4n) is 11.5. The predicted molar refractivity (Wildman–Crippen MR) is 371 cm³/mol.